The van der Waals surface area contributed by atoms with Crippen LogP contribution >= 0.6 is 11.6 Å². The van der Waals surface area contributed by atoms with Gasteiger partial charge in [0.2, 0.25) is 5.91 Å². The third-order valence-electron chi connectivity index (χ3n) is 6.33. The van der Waals surface area contributed by atoms with Gasteiger partial charge >= 0.3 is 6.03 Å². The van der Waals surface area contributed by atoms with Gasteiger partial charge < -0.3 is 15.2 Å². The first-order valence-corrected chi connectivity index (χ1v) is 11.0. The van der Waals surface area contributed by atoms with E-state index in [0.717, 1.165) is 28.6 Å². The van der Waals surface area contributed by atoms with Crippen LogP contribution in [0, 0.1) is 0 Å². The molecule has 164 valence electrons. The molecule has 1 aliphatic carbocycles. The fourth-order valence-corrected chi connectivity index (χ4v) is 4.81. The van der Waals surface area contributed by atoms with Crippen LogP contribution in [0.25, 0.3) is 10.9 Å². The summed E-state index contributed by atoms with van der Waals surface area (Å²) in [4.78, 5) is 35.8. The van der Waals surface area contributed by atoms with Crippen LogP contribution in [0.3, 0.4) is 0 Å². The number of fused-ring (bicyclic) bond motifs is 1. The Hall–Kier alpha value is -3.32. The van der Waals surface area contributed by atoms with E-state index >= 15 is 0 Å². The van der Waals surface area contributed by atoms with E-state index in [-0.39, 0.29) is 17.9 Å². The standard InChI is InChI=1S/C24H23ClN4O3/c25-17-8-5-15(6-9-17)13-29-14-16(19-3-1-2-4-20(19)29)7-10-21(30)26-18-11-24(12-18)22(31)27-23(32)28-24/h1-6,8-9,14,18H,7,10-13H2,(H,26,30)(H2,27,28,31,32). The number of halogens is 1. The van der Waals surface area contributed by atoms with Gasteiger partial charge in [-0.05, 0) is 48.6 Å². The summed E-state index contributed by atoms with van der Waals surface area (Å²) in [5.41, 5.74) is 2.56. The van der Waals surface area contributed by atoms with Crippen molar-refractivity contribution in [3.63, 3.8) is 0 Å². The van der Waals surface area contributed by atoms with Crippen molar-refractivity contribution >= 4 is 40.3 Å². The average molecular weight is 451 g/mol. The molecule has 3 N–H and O–H groups in total. The predicted octanol–water partition coefficient (Wildman–Crippen LogP) is 3.13. The maximum absolute atomic E-state index is 12.5. The molecule has 3 aromatic rings. The quantitative estimate of drug-likeness (QED) is 0.504. The monoisotopic (exact) mass is 450 g/mol. The van der Waals surface area contributed by atoms with Crippen LogP contribution < -0.4 is 16.0 Å². The van der Waals surface area contributed by atoms with E-state index < -0.39 is 11.6 Å². The molecule has 1 saturated heterocycles. The first-order chi connectivity index (χ1) is 15.4. The van der Waals surface area contributed by atoms with Gasteiger partial charge in [0.15, 0.2) is 0 Å². The zero-order valence-corrected chi connectivity index (χ0v) is 18.1. The van der Waals surface area contributed by atoms with Crippen LogP contribution in [0.5, 0.6) is 0 Å². The molecule has 7 nitrogen and oxygen atoms in total. The Morgan fingerprint density at radius 1 is 1.12 bits per heavy atom. The Morgan fingerprint density at radius 3 is 2.59 bits per heavy atom. The molecule has 2 fully saturated rings. The molecule has 8 heteroatoms. The third-order valence-corrected chi connectivity index (χ3v) is 6.58. The van der Waals surface area contributed by atoms with Crippen LogP contribution in [-0.2, 0) is 22.6 Å². The number of hydrogen-bond donors (Lipinski definition) is 3. The number of rotatable bonds is 6. The summed E-state index contributed by atoms with van der Waals surface area (Å²) in [5, 5.41) is 9.76. The number of carbonyl (C=O) groups excluding carboxylic acids is 3. The first-order valence-electron chi connectivity index (χ1n) is 10.7. The molecule has 0 bridgehead atoms. The normalized spacial score (nSPS) is 22.0. The lowest BCUT2D eigenvalue weighted by Gasteiger charge is -2.42. The summed E-state index contributed by atoms with van der Waals surface area (Å²) in [7, 11) is 0. The number of carbonyl (C=O) groups is 3. The van der Waals surface area contributed by atoms with E-state index in [4.69, 9.17) is 11.6 Å². The highest BCUT2D eigenvalue weighted by Gasteiger charge is 2.55. The lowest BCUT2D eigenvalue weighted by molar-refractivity contribution is -0.130. The van der Waals surface area contributed by atoms with Crippen LogP contribution in [0.1, 0.15) is 30.4 Å². The summed E-state index contributed by atoms with van der Waals surface area (Å²) in [5.74, 6) is -0.356. The van der Waals surface area contributed by atoms with Gasteiger partial charge in [-0.2, -0.15) is 0 Å². The zero-order chi connectivity index (χ0) is 22.3. The van der Waals surface area contributed by atoms with Crippen LogP contribution in [0.4, 0.5) is 4.79 Å². The van der Waals surface area contributed by atoms with Crippen molar-refractivity contribution in [2.45, 2.75) is 43.8 Å². The number of imide groups is 1. The molecule has 2 aliphatic rings. The van der Waals surface area contributed by atoms with E-state index in [9.17, 15) is 14.4 Å². The molecule has 0 atom stereocenters. The Labute approximate surface area is 190 Å². The fourth-order valence-electron chi connectivity index (χ4n) is 4.69. The van der Waals surface area contributed by atoms with E-state index in [1.165, 1.54) is 0 Å². The maximum Gasteiger partial charge on any atom is 0.322 e. The van der Waals surface area contributed by atoms with Crippen molar-refractivity contribution in [3.8, 4) is 0 Å². The average Bonchev–Trinajstić information content (AvgIpc) is 3.24. The van der Waals surface area contributed by atoms with Gasteiger partial charge in [0.05, 0.1) is 0 Å². The van der Waals surface area contributed by atoms with Crippen molar-refractivity contribution in [1.29, 1.82) is 0 Å². The number of para-hydroxylation sites is 1. The SMILES string of the molecule is O=C(CCc1cn(Cc2ccc(Cl)cc2)c2ccccc12)NC1CC2(C1)NC(=O)NC2=O. The smallest absolute Gasteiger partial charge is 0.322 e. The highest BCUT2D eigenvalue weighted by Crippen LogP contribution is 2.35. The molecule has 0 unspecified atom stereocenters. The number of urea groups is 1. The van der Waals surface area contributed by atoms with Crippen molar-refractivity contribution < 1.29 is 14.4 Å². The molecular weight excluding hydrogens is 428 g/mol. The summed E-state index contributed by atoms with van der Waals surface area (Å²) in [6.07, 6.45) is 3.95. The fraction of sp³-hybridized carbons (Fsp3) is 0.292. The Bertz CT molecular complexity index is 1210. The molecule has 1 aliphatic heterocycles. The van der Waals surface area contributed by atoms with E-state index in [1.54, 1.807) is 0 Å². The van der Waals surface area contributed by atoms with Crippen LogP contribution in [0.2, 0.25) is 5.02 Å². The molecule has 1 aromatic heterocycles. The van der Waals surface area contributed by atoms with Gasteiger partial charge in [0.1, 0.15) is 5.54 Å². The predicted molar refractivity (Wildman–Crippen MR) is 121 cm³/mol. The number of aryl methyl sites for hydroxylation is 1. The molecule has 2 heterocycles. The molecule has 1 spiro atoms. The molecule has 2 aromatic carbocycles. The maximum atomic E-state index is 12.5. The molecule has 1 saturated carbocycles. The minimum Gasteiger partial charge on any atom is -0.353 e. The molecule has 5 rings (SSSR count). The Morgan fingerprint density at radius 2 is 1.88 bits per heavy atom. The summed E-state index contributed by atoms with van der Waals surface area (Å²) < 4.78 is 2.20. The largest absolute Gasteiger partial charge is 0.353 e. The topological polar surface area (TPSA) is 92.2 Å². The van der Waals surface area contributed by atoms with Gasteiger partial charge in [-0.15, -0.1) is 0 Å². The van der Waals surface area contributed by atoms with Crippen molar-refractivity contribution in [3.05, 3.63) is 70.9 Å². The van der Waals surface area contributed by atoms with Crippen LogP contribution in [-0.4, -0.2) is 34.0 Å². The second-order valence-corrected chi connectivity index (χ2v) is 9.03. The number of amides is 4. The minimum atomic E-state index is -0.843. The van der Waals surface area contributed by atoms with E-state index in [2.05, 4.69) is 38.8 Å². The molecule has 0 radical (unpaired) electrons. The summed E-state index contributed by atoms with van der Waals surface area (Å²) in [6, 6.07) is 15.4. The van der Waals surface area contributed by atoms with Gasteiger partial charge in [-0.3, -0.25) is 14.9 Å². The highest BCUT2D eigenvalue weighted by molar-refractivity contribution is 6.30. The second kappa shape index (κ2) is 7.98. The van der Waals surface area contributed by atoms with Crippen molar-refractivity contribution in [2.75, 3.05) is 0 Å². The van der Waals surface area contributed by atoms with Gasteiger partial charge in [-0.25, -0.2) is 4.79 Å². The third kappa shape index (κ3) is 3.84. The minimum absolute atomic E-state index is 0.0517. The Balaban J connectivity index is 1.22. The molecule has 4 amide bonds. The lowest BCUT2D eigenvalue weighted by atomic mass is 9.72. The first kappa shape index (κ1) is 20.6. The number of hydrogen-bond acceptors (Lipinski definition) is 3. The number of nitrogens with zero attached hydrogens (tertiary/aromatic N) is 1. The Kier molecular flexibility index (Phi) is 5.13. The molecule has 32 heavy (non-hydrogen) atoms. The van der Waals surface area contributed by atoms with Crippen molar-refractivity contribution in [1.82, 2.24) is 20.5 Å². The second-order valence-electron chi connectivity index (χ2n) is 8.59. The summed E-state index contributed by atoms with van der Waals surface area (Å²) >= 11 is 6.00. The van der Waals surface area contributed by atoms with Gasteiger partial charge in [0, 0.05) is 41.1 Å². The molecular formula is C24H23ClN4O3. The number of benzene rings is 2. The zero-order valence-electron chi connectivity index (χ0n) is 17.4. The van der Waals surface area contributed by atoms with Gasteiger partial charge in [-0.1, -0.05) is 41.9 Å². The van der Waals surface area contributed by atoms with Crippen molar-refractivity contribution in [2.24, 2.45) is 0 Å². The summed E-state index contributed by atoms with van der Waals surface area (Å²) in [6.45, 7) is 0.724. The van der Waals surface area contributed by atoms with Gasteiger partial charge in [0.25, 0.3) is 5.91 Å². The highest BCUT2D eigenvalue weighted by atomic mass is 35.5. The van der Waals surface area contributed by atoms with Crippen LogP contribution in [0.15, 0.2) is 54.7 Å². The van der Waals surface area contributed by atoms with E-state index in [0.29, 0.717) is 30.7 Å². The number of nitrogens with one attached hydrogen (secondary N) is 3. The lowest BCUT2D eigenvalue weighted by Crippen LogP contribution is -2.63. The number of aromatic nitrogens is 1. The van der Waals surface area contributed by atoms with E-state index in [1.807, 2.05) is 36.4 Å².